The van der Waals surface area contributed by atoms with Crippen LogP contribution in [0, 0.1) is 12.3 Å². The van der Waals surface area contributed by atoms with Gasteiger partial charge in [-0.05, 0) is 30.5 Å². The van der Waals surface area contributed by atoms with Gasteiger partial charge in [0.05, 0.1) is 6.61 Å². The lowest BCUT2D eigenvalue weighted by Gasteiger charge is -2.05. The minimum Gasteiger partial charge on any atom is -0.494 e. The van der Waals surface area contributed by atoms with Crippen molar-refractivity contribution in [1.29, 1.82) is 0 Å². The lowest BCUT2D eigenvalue weighted by atomic mass is 10.1. The molecule has 0 radical (unpaired) electrons. The summed E-state index contributed by atoms with van der Waals surface area (Å²) in [5.74, 6) is 3.54. The van der Waals surface area contributed by atoms with E-state index in [4.69, 9.17) is 11.2 Å². The predicted molar refractivity (Wildman–Crippen MR) is 64.0 cm³/mol. The lowest BCUT2D eigenvalue weighted by Crippen LogP contribution is -1.96. The maximum Gasteiger partial charge on any atom is 0.119 e. The third kappa shape index (κ3) is 4.56. The highest BCUT2D eigenvalue weighted by Gasteiger charge is 1.94. The minimum atomic E-state index is 0.706. The highest BCUT2D eigenvalue weighted by molar-refractivity contribution is 5.27. The molecule has 15 heavy (non-hydrogen) atoms. The topological polar surface area (TPSA) is 9.23 Å². The Morgan fingerprint density at radius 1 is 1.27 bits per heavy atom. The zero-order chi connectivity index (χ0) is 10.9. The van der Waals surface area contributed by atoms with E-state index in [1.54, 1.807) is 0 Å². The standard InChI is InChI=1S/C14H18O/c1-3-5-6-12-15-14-10-8-13(7-4-2)9-11-14/h1,8-11H,4-7,12H2,2H3. The van der Waals surface area contributed by atoms with Gasteiger partial charge in [-0.15, -0.1) is 12.3 Å². The quantitative estimate of drug-likeness (QED) is 0.507. The fourth-order valence-corrected chi connectivity index (χ4v) is 1.41. The molecule has 0 fully saturated rings. The molecule has 0 aromatic heterocycles. The second kappa shape index (κ2) is 6.95. The Hall–Kier alpha value is -1.42. The number of benzene rings is 1. The van der Waals surface area contributed by atoms with Crippen LogP contribution in [-0.4, -0.2) is 6.61 Å². The molecule has 80 valence electrons. The summed E-state index contributed by atoms with van der Waals surface area (Å²) >= 11 is 0. The summed E-state index contributed by atoms with van der Waals surface area (Å²) in [6, 6.07) is 8.31. The van der Waals surface area contributed by atoms with E-state index in [1.807, 2.05) is 12.1 Å². The number of unbranched alkanes of at least 4 members (excludes halogenated alkanes) is 1. The fraction of sp³-hybridized carbons (Fsp3) is 0.429. The maximum absolute atomic E-state index is 5.55. The summed E-state index contributed by atoms with van der Waals surface area (Å²) in [5, 5.41) is 0. The molecule has 0 aliphatic rings. The van der Waals surface area contributed by atoms with Gasteiger partial charge >= 0.3 is 0 Å². The summed E-state index contributed by atoms with van der Waals surface area (Å²) < 4.78 is 5.55. The van der Waals surface area contributed by atoms with Crippen molar-refractivity contribution in [2.75, 3.05) is 6.61 Å². The Balaban J connectivity index is 2.33. The van der Waals surface area contributed by atoms with Crippen LogP contribution in [0.1, 0.15) is 31.7 Å². The second-order valence-corrected chi connectivity index (χ2v) is 3.55. The first-order chi connectivity index (χ1) is 7.36. The maximum atomic E-state index is 5.55. The van der Waals surface area contributed by atoms with Crippen molar-refractivity contribution in [3.63, 3.8) is 0 Å². The van der Waals surface area contributed by atoms with Gasteiger partial charge < -0.3 is 4.74 Å². The molecule has 1 aromatic carbocycles. The van der Waals surface area contributed by atoms with Crippen LogP contribution in [0.5, 0.6) is 5.75 Å². The number of rotatable bonds is 6. The Labute approximate surface area is 92.5 Å². The summed E-state index contributed by atoms with van der Waals surface area (Å²) in [6.07, 6.45) is 9.18. The van der Waals surface area contributed by atoms with Gasteiger partial charge in [0.1, 0.15) is 5.75 Å². The molecule has 1 heteroatoms. The minimum absolute atomic E-state index is 0.706. The first kappa shape index (κ1) is 11.7. The molecular formula is C14H18O. The monoisotopic (exact) mass is 202 g/mol. The Bertz CT molecular complexity index is 305. The van der Waals surface area contributed by atoms with Crippen LogP contribution in [0.4, 0.5) is 0 Å². The fourth-order valence-electron chi connectivity index (χ4n) is 1.41. The van der Waals surface area contributed by atoms with Crippen LogP contribution in [0.25, 0.3) is 0 Å². The Morgan fingerprint density at radius 3 is 2.60 bits per heavy atom. The van der Waals surface area contributed by atoms with E-state index in [-0.39, 0.29) is 0 Å². The van der Waals surface area contributed by atoms with Gasteiger partial charge in [0.25, 0.3) is 0 Å². The summed E-state index contributed by atoms with van der Waals surface area (Å²) in [7, 11) is 0. The summed E-state index contributed by atoms with van der Waals surface area (Å²) in [6.45, 7) is 2.89. The van der Waals surface area contributed by atoms with Gasteiger partial charge in [0, 0.05) is 6.42 Å². The molecule has 1 rings (SSSR count). The lowest BCUT2D eigenvalue weighted by molar-refractivity contribution is 0.313. The summed E-state index contributed by atoms with van der Waals surface area (Å²) in [4.78, 5) is 0. The van der Waals surface area contributed by atoms with Gasteiger partial charge in [-0.1, -0.05) is 25.5 Å². The predicted octanol–water partition coefficient (Wildman–Crippen LogP) is 3.43. The van der Waals surface area contributed by atoms with Gasteiger partial charge in [0.2, 0.25) is 0 Å². The zero-order valence-corrected chi connectivity index (χ0v) is 9.33. The average Bonchev–Trinajstić information content (AvgIpc) is 2.27. The molecule has 1 nitrogen and oxygen atoms in total. The number of hydrogen-bond acceptors (Lipinski definition) is 1. The van der Waals surface area contributed by atoms with E-state index >= 15 is 0 Å². The third-order valence-electron chi connectivity index (χ3n) is 2.20. The SMILES string of the molecule is C#CCCCOc1ccc(CCC)cc1. The van der Waals surface area contributed by atoms with E-state index in [9.17, 15) is 0 Å². The number of terminal acetylenes is 1. The van der Waals surface area contributed by atoms with Gasteiger partial charge in [0.15, 0.2) is 0 Å². The van der Waals surface area contributed by atoms with Crippen molar-refractivity contribution < 1.29 is 4.74 Å². The van der Waals surface area contributed by atoms with Crippen molar-refractivity contribution in [3.8, 4) is 18.1 Å². The van der Waals surface area contributed by atoms with Gasteiger partial charge in [-0.3, -0.25) is 0 Å². The van der Waals surface area contributed by atoms with Gasteiger partial charge in [-0.25, -0.2) is 0 Å². The van der Waals surface area contributed by atoms with Crippen molar-refractivity contribution in [2.24, 2.45) is 0 Å². The van der Waals surface area contributed by atoms with Crippen LogP contribution in [0.2, 0.25) is 0 Å². The summed E-state index contributed by atoms with van der Waals surface area (Å²) in [5.41, 5.74) is 1.37. The first-order valence-corrected chi connectivity index (χ1v) is 5.52. The van der Waals surface area contributed by atoms with E-state index in [0.717, 1.165) is 25.0 Å². The molecule has 0 unspecified atom stereocenters. The van der Waals surface area contributed by atoms with E-state index in [1.165, 1.54) is 12.0 Å². The Kier molecular flexibility index (Phi) is 5.40. The molecule has 0 spiro atoms. The van der Waals surface area contributed by atoms with E-state index in [2.05, 4.69) is 25.0 Å². The van der Waals surface area contributed by atoms with Crippen LogP contribution in [-0.2, 0) is 6.42 Å². The number of hydrogen-bond donors (Lipinski definition) is 0. The molecule has 0 saturated carbocycles. The van der Waals surface area contributed by atoms with Crippen molar-refractivity contribution in [2.45, 2.75) is 32.6 Å². The molecule has 0 N–H and O–H groups in total. The van der Waals surface area contributed by atoms with Crippen LogP contribution in [0.3, 0.4) is 0 Å². The number of aryl methyl sites for hydroxylation is 1. The zero-order valence-electron chi connectivity index (χ0n) is 9.33. The molecule has 0 amide bonds. The highest BCUT2D eigenvalue weighted by atomic mass is 16.5. The smallest absolute Gasteiger partial charge is 0.119 e. The molecule has 0 aliphatic heterocycles. The third-order valence-corrected chi connectivity index (χ3v) is 2.20. The molecule has 0 atom stereocenters. The number of ether oxygens (including phenoxy) is 1. The molecule has 0 saturated heterocycles. The van der Waals surface area contributed by atoms with E-state index in [0.29, 0.717) is 6.61 Å². The van der Waals surface area contributed by atoms with Crippen LogP contribution < -0.4 is 4.74 Å². The van der Waals surface area contributed by atoms with E-state index < -0.39 is 0 Å². The molecule has 0 bridgehead atoms. The Morgan fingerprint density at radius 2 is 2.00 bits per heavy atom. The normalized spacial score (nSPS) is 9.60. The molecule has 1 aromatic rings. The van der Waals surface area contributed by atoms with Crippen molar-refractivity contribution in [1.82, 2.24) is 0 Å². The van der Waals surface area contributed by atoms with Crippen molar-refractivity contribution >= 4 is 0 Å². The van der Waals surface area contributed by atoms with Crippen LogP contribution >= 0.6 is 0 Å². The second-order valence-electron chi connectivity index (χ2n) is 3.55. The molecular weight excluding hydrogens is 184 g/mol. The molecule has 0 aliphatic carbocycles. The van der Waals surface area contributed by atoms with Gasteiger partial charge in [-0.2, -0.15) is 0 Å². The highest BCUT2D eigenvalue weighted by Crippen LogP contribution is 2.13. The first-order valence-electron chi connectivity index (χ1n) is 5.52. The largest absolute Gasteiger partial charge is 0.494 e. The van der Waals surface area contributed by atoms with Crippen molar-refractivity contribution in [3.05, 3.63) is 29.8 Å². The average molecular weight is 202 g/mol. The van der Waals surface area contributed by atoms with Crippen LogP contribution in [0.15, 0.2) is 24.3 Å². The molecule has 0 heterocycles.